The second-order valence-electron chi connectivity index (χ2n) is 6.40. The molecule has 1 atom stereocenters. The predicted octanol–water partition coefficient (Wildman–Crippen LogP) is 4.99. The second-order valence-corrected chi connectivity index (χ2v) is 6.80. The van der Waals surface area contributed by atoms with E-state index in [4.69, 9.17) is 11.6 Å². The Morgan fingerprint density at radius 2 is 1.88 bits per heavy atom. The number of nitrogens with zero attached hydrogens (tertiary/aromatic N) is 1. The summed E-state index contributed by atoms with van der Waals surface area (Å²) in [4.78, 5) is 14.5. The normalized spacial score (nSPS) is 16.8. The Morgan fingerprint density at radius 3 is 2.50 bits per heavy atom. The van der Waals surface area contributed by atoms with Gasteiger partial charge in [-0.15, -0.1) is 12.4 Å². The highest BCUT2D eigenvalue weighted by atomic mass is 35.5. The molecular formula is C19H30Cl2N2O. The largest absolute Gasteiger partial charge is 0.354 e. The number of halogens is 2. The summed E-state index contributed by atoms with van der Waals surface area (Å²) < 4.78 is 0. The van der Waals surface area contributed by atoms with Gasteiger partial charge in [0.05, 0.1) is 6.04 Å². The summed E-state index contributed by atoms with van der Waals surface area (Å²) in [7, 11) is 0. The maximum Gasteiger partial charge on any atom is 0.220 e. The fraction of sp³-hybridized carbons (Fsp3) is 0.632. The number of likely N-dealkylation sites (tertiary alicyclic amines) is 1. The molecule has 0 radical (unpaired) electrons. The Kier molecular flexibility index (Phi) is 10.4. The van der Waals surface area contributed by atoms with E-state index in [1.54, 1.807) is 0 Å². The highest BCUT2D eigenvalue weighted by molar-refractivity contribution is 6.31. The molecule has 24 heavy (non-hydrogen) atoms. The van der Waals surface area contributed by atoms with Gasteiger partial charge in [0.25, 0.3) is 0 Å². The highest BCUT2D eigenvalue weighted by Gasteiger charge is 2.23. The van der Waals surface area contributed by atoms with Crippen LogP contribution >= 0.6 is 24.0 Å². The van der Waals surface area contributed by atoms with E-state index in [9.17, 15) is 4.79 Å². The molecule has 1 unspecified atom stereocenters. The molecule has 1 aromatic rings. The van der Waals surface area contributed by atoms with Crippen molar-refractivity contribution in [2.24, 2.45) is 0 Å². The van der Waals surface area contributed by atoms with Crippen LogP contribution in [0, 0.1) is 0 Å². The zero-order chi connectivity index (χ0) is 16.5. The van der Waals surface area contributed by atoms with Crippen molar-refractivity contribution in [1.82, 2.24) is 10.2 Å². The third-order valence-electron chi connectivity index (χ3n) is 4.60. The van der Waals surface area contributed by atoms with Crippen LogP contribution in [0.4, 0.5) is 0 Å². The summed E-state index contributed by atoms with van der Waals surface area (Å²) in [5.41, 5.74) is 1.13. The van der Waals surface area contributed by atoms with Crippen molar-refractivity contribution in [2.45, 2.75) is 57.9 Å². The maximum atomic E-state index is 12.0. The van der Waals surface area contributed by atoms with E-state index in [1.165, 1.54) is 25.7 Å². The van der Waals surface area contributed by atoms with Gasteiger partial charge in [-0.3, -0.25) is 9.69 Å². The first-order valence-electron chi connectivity index (χ1n) is 8.97. The Morgan fingerprint density at radius 1 is 1.21 bits per heavy atom. The van der Waals surface area contributed by atoms with Crippen molar-refractivity contribution in [2.75, 3.05) is 19.6 Å². The number of hydrogen-bond acceptors (Lipinski definition) is 2. The molecule has 0 bridgehead atoms. The molecule has 0 spiro atoms. The smallest absolute Gasteiger partial charge is 0.220 e. The lowest BCUT2D eigenvalue weighted by molar-refractivity contribution is -0.121. The topological polar surface area (TPSA) is 32.3 Å². The summed E-state index contributed by atoms with van der Waals surface area (Å²) in [6.45, 7) is 4.92. The average molecular weight is 373 g/mol. The van der Waals surface area contributed by atoms with Gasteiger partial charge < -0.3 is 5.32 Å². The number of carbonyl (C=O) groups excluding carboxylic acids is 1. The van der Waals surface area contributed by atoms with E-state index >= 15 is 0 Å². The van der Waals surface area contributed by atoms with Crippen LogP contribution in [-0.2, 0) is 4.79 Å². The lowest BCUT2D eigenvalue weighted by atomic mass is 10.0. The Bertz CT molecular complexity index is 488. The molecule has 3 nitrogen and oxygen atoms in total. The van der Waals surface area contributed by atoms with Gasteiger partial charge in [-0.25, -0.2) is 0 Å². The molecule has 136 valence electrons. The molecule has 1 aliphatic rings. The van der Waals surface area contributed by atoms with Crippen LogP contribution in [0.3, 0.4) is 0 Å². The first kappa shape index (κ1) is 21.3. The van der Waals surface area contributed by atoms with Gasteiger partial charge in [-0.1, -0.05) is 56.0 Å². The van der Waals surface area contributed by atoms with Crippen LogP contribution in [0.15, 0.2) is 24.3 Å². The van der Waals surface area contributed by atoms with Crippen molar-refractivity contribution in [3.63, 3.8) is 0 Å². The van der Waals surface area contributed by atoms with E-state index in [0.717, 1.165) is 36.5 Å². The number of hydrogen-bond donors (Lipinski definition) is 1. The van der Waals surface area contributed by atoms with Crippen LogP contribution in [0.1, 0.15) is 63.5 Å². The second kappa shape index (κ2) is 11.7. The molecule has 1 heterocycles. The molecule has 1 aliphatic heterocycles. The van der Waals surface area contributed by atoms with Crippen LogP contribution in [0.5, 0.6) is 0 Å². The molecular weight excluding hydrogens is 343 g/mol. The Hall–Kier alpha value is -0.770. The lowest BCUT2D eigenvalue weighted by Crippen LogP contribution is -2.38. The van der Waals surface area contributed by atoms with Crippen LogP contribution in [0.2, 0.25) is 5.02 Å². The number of amides is 1. The minimum atomic E-state index is 0. The van der Waals surface area contributed by atoms with Gasteiger partial charge >= 0.3 is 0 Å². The molecule has 1 aromatic carbocycles. The minimum absolute atomic E-state index is 0. The zero-order valence-electron chi connectivity index (χ0n) is 14.6. The molecule has 0 saturated carbocycles. The molecule has 0 aromatic heterocycles. The van der Waals surface area contributed by atoms with Crippen molar-refractivity contribution < 1.29 is 4.79 Å². The molecule has 5 heteroatoms. The first-order chi connectivity index (χ1) is 11.2. The summed E-state index contributed by atoms with van der Waals surface area (Å²) >= 11 is 6.44. The summed E-state index contributed by atoms with van der Waals surface area (Å²) in [5.74, 6) is 0.152. The van der Waals surface area contributed by atoms with Crippen molar-refractivity contribution in [3.05, 3.63) is 34.9 Å². The van der Waals surface area contributed by atoms with E-state index < -0.39 is 0 Å². The number of unbranched alkanes of at least 4 members (excludes halogenated alkanes) is 1. The Labute approximate surface area is 157 Å². The van der Waals surface area contributed by atoms with Crippen LogP contribution in [-0.4, -0.2) is 30.4 Å². The van der Waals surface area contributed by atoms with Crippen LogP contribution in [0.25, 0.3) is 0 Å². The van der Waals surface area contributed by atoms with Crippen LogP contribution < -0.4 is 5.32 Å². The predicted molar refractivity (Wildman–Crippen MR) is 104 cm³/mol. The minimum Gasteiger partial charge on any atom is -0.354 e. The lowest BCUT2D eigenvalue weighted by Gasteiger charge is -2.31. The van der Waals surface area contributed by atoms with E-state index in [2.05, 4.69) is 23.2 Å². The third kappa shape index (κ3) is 6.62. The van der Waals surface area contributed by atoms with Crippen molar-refractivity contribution in [1.29, 1.82) is 0 Å². The average Bonchev–Trinajstić information content (AvgIpc) is 2.84. The van der Waals surface area contributed by atoms with Crippen molar-refractivity contribution >= 4 is 29.9 Å². The summed E-state index contributed by atoms with van der Waals surface area (Å²) in [6.07, 6.45) is 7.67. The van der Waals surface area contributed by atoms with E-state index in [1.807, 2.05) is 18.2 Å². The van der Waals surface area contributed by atoms with E-state index in [-0.39, 0.29) is 24.4 Å². The van der Waals surface area contributed by atoms with Gasteiger partial charge in [0.2, 0.25) is 5.91 Å². The molecule has 1 N–H and O–H groups in total. The van der Waals surface area contributed by atoms with Crippen molar-refractivity contribution in [3.8, 4) is 0 Å². The fourth-order valence-electron chi connectivity index (χ4n) is 3.22. The SMILES string of the molecule is CCCCC(=O)NCC(c1ccccc1Cl)N1CCCCCC1.Cl. The molecule has 1 amide bonds. The van der Waals surface area contributed by atoms with Gasteiger partial charge in [-0.2, -0.15) is 0 Å². The number of benzene rings is 1. The van der Waals surface area contributed by atoms with Gasteiger partial charge in [0.15, 0.2) is 0 Å². The van der Waals surface area contributed by atoms with Gasteiger partial charge in [-0.05, 0) is 44.0 Å². The summed E-state index contributed by atoms with van der Waals surface area (Å²) in [6, 6.07) is 8.21. The monoisotopic (exact) mass is 372 g/mol. The van der Waals surface area contributed by atoms with Gasteiger partial charge in [0, 0.05) is 18.0 Å². The summed E-state index contributed by atoms with van der Waals surface area (Å²) in [5, 5.41) is 3.92. The maximum absolute atomic E-state index is 12.0. The number of rotatable bonds is 7. The quantitative estimate of drug-likeness (QED) is 0.731. The molecule has 2 rings (SSSR count). The fourth-order valence-corrected chi connectivity index (χ4v) is 3.49. The van der Waals surface area contributed by atoms with E-state index in [0.29, 0.717) is 13.0 Å². The molecule has 0 aliphatic carbocycles. The molecule has 1 saturated heterocycles. The number of carbonyl (C=O) groups is 1. The molecule has 1 fully saturated rings. The zero-order valence-corrected chi connectivity index (χ0v) is 16.2. The first-order valence-corrected chi connectivity index (χ1v) is 9.35. The Balaban J connectivity index is 0.00000288. The third-order valence-corrected chi connectivity index (χ3v) is 4.94. The highest BCUT2D eigenvalue weighted by Crippen LogP contribution is 2.29. The number of nitrogens with one attached hydrogen (secondary N) is 1. The van der Waals surface area contributed by atoms with Gasteiger partial charge in [0.1, 0.15) is 0 Å². The standard InChI is InChI=1S/C19H29ClN2O.ClH/c1-2-3-12-19(23)21-15-18(16-10-6-7-11-17(16)20)22-13-8-4-5-9-14-22;/h6-7,10-11,18H,2-5,8-9,12-15H2,1H3,(H,21,23);1H.